The predicted octanol–water partition coefficient (Wildman–Crippen LogP) is 2.42. The SMILES string of the molecule is Cc1ccc(CN(CCNC(=O)Cc2ccccc2C)S(C)(=O)=O)cc1. The molecule has 6 heteroatoms. The molecule has 0 atom stereocenters. The van der Waals surface area contributed by atoms with Crippen molar-refractivity contribution in [3.05, 3.63) is 70.8 Å². The summed E-state index contributed by atoms with van der Waals surface area (Å²) in [5.41, 5.74) is 4.10. The van der Waals surface area contributed by atoms with Crippen LogP contribution < -0.4 is 5.32 Å². The number of benzene rings is 2. The molecule has 0 saturated heterocycles. The van der Waals surface area contributed by atoms with Crippen molar-refractivity contribution in [3.8, 4) is 0 Å². The van der Waals surface area contributed by atoms with Gasteiger partial charge in [-0.2, -0.15) is 4.31 Å². The molecule has 0 saturated carbocycles. The topological polar surface area (TPSA) is 66.5 Å². The van der Waals surface area contributed by atoms with E-state index in [0.29, 0.717) is 13.0 Å². The van der Waals surface area contributed by atoms with E-state index in [-0.39, 0.29) is 19.0 Å². The predicted molar refractivity (Wildman–Crippen MR) is 104 cm³/mol. The first-order chi connectivity index (χ1) is 12.3. The lowest BCUT2D eigenvalue weighted by molar-refractivity contribution is -0.120. The third kappa shape index (κ3) is 6.28. The normalized spacial score (nSPS) is 11.5. The van der Waals surface area contributed by atoms with Crippen LogP contribution in [0.25, 0.3) is 0 Å². The summed E-state index contributed by atoms with van der Waals surface area (Å²) in [7, 11) is -3.35. The molecule has 0 radical (unpaired) electrons. The first kappa shape index (κ1) is 20.1. The van der Waals surface area contributed by atoms with Crippen LogP contribution in [0.5, 0.6) is 0 Å². The lowest BCUT2D eigenvalue weighted by Gasteiger charge is -2.20. The van der Waals surface area contributed by atoms with Gasteiger partial charge in [0.05, 0.1) is 12.7 Å². The van der Waals surface area contributed by atoms with Crippen molar-refractivity contribution in [1.82, 2.24) is 9.62 Å². The Bertz CT molecular complexity index is 846. The monoisotopic (exact) mass is 374 g/mol. The van der Waals surface area contributed by atoms with Gasteiger partial charge in [0, 0.05) is 19.6 Å². The molecule has 0 aromatic heterocycles. The maximum atomic E-state index is 12.1. The highest BCUT2D eigenvalue weighted by molar-refractivity contribution is 7.88. The minimum atomic E-state index is -3.35. The minimum absolute atomic E-state index is 0.108. The third-order valence-corrected chi connectivity index (χ3v) is 5.49. The fourth-order valence-electron chi connectivity index (χ4n) is 2.62. The summed E-state index contributed by atoms with van der Waals surface area (Å²) in [6.07, 6.45) is 1.49. The molecule has 0 fully saturated rings. The van der Waals surface area contributed by atoms with Gasteiger partial charge in [-0.1, -0.05) is 54.1 Å². The van der Waals surface area contributed by atoms with Gasteiger partial charge in [0.15, 0.2) is 0 Å². The number of aryl methyl sites for hydroxylation is 2. The number of hydrogen-bond donors (Lipinski definition) is 1. The van der Waals surface area contributed by atoms with E-state index in [2.05, 4.69) is 5.32 Å². The number of carbonyl (C=O) groups excluding carboxylic acids is 1. The summed E-state index contributed by atoms with van der Waals surface area (Å²) in [6, 6.07) is 15.5. The van der Waals surface area contributed by atoms with Gasteiger partial charge in [0.1, 0.15) is 0 Å². The van der Waals surface area contributed by atoms with Gasteiger partial charge in [-0.05, 0) is 30.5 Å². The number of nitrogens with zero attached hydrogens (tertiary/aromatic N) is 1. The average Bonchev–Trinajstić information content (AvgIpc) is 2.57. The average molecular weight is 375 g/mol. The molecule has 0 unspecified atom stereocenters. The highest BCUT2D eigenvalue weighted by Gasteiger charge is 2.17. The standard InChI is InChI=1S/C20H26N2O3S/c1-16-8-10-18(11-9-16)15-22(26(3,24)25)13-12-21-20(23)14-19-7-5-4-6-17(19)2/h4-11H,12-15H2,1-3H3,(H,21,23). The van der Waals surface area contributed by atoms with Gasteiger partial charge in [-0.25, -0.2) is 8.42 Å². The van der Waals surface area contributed by atoms with Crippen LogP contribution in [0.2, 0.25) is 0 Å². The van der Waals surface area contributed by atoms with E-state index >= 15 is 0 Å². The maximum absolute atomic E-state index is 12.1. The van der Waals surface area contributed by atoms with Crippen LogP contribution >= 0.6 is 0 Å². The largest absolute Gasteiger partial charge is 0.354 e. The van der Waals surface area contributed by atoms with Crippen molar-refractivity contribution in [2.75, 3.05) is 19.3 Å². The van der Waals surface area contributed by atoms with E-state index in [9.17, 15) is 13.2 Å². The summed E-state index contributed by atoms with van der Waals surface area (Å²) in [5.74, 6) is -0.108. The van der Waals surface area contributed by atoms with Crippen molar-refractivity contribution in [2.24, 2.45) is 0 Å². The van der Waals surface area contributed by atoms with Gasteiger partial charge < -0.3 is 5.32 Å². The van der Waals surface area contributed by atoms with Crippen molar-refractivity contribution in [2.45, 2.75) is 26.8 Å². The Morgan fingerprint density at radius 1 is 1.04 bits per heavy atom. The summed E-state index contributed by atoms with van der Waals surface area (Å²) in [6.45, 7) is 4.78. The van der Waals surface area contributed by atoms with Gasteiger partial charge in [-0.15, -0.1) is 0 Å². The molecule has 1 N–H and O–H groups in total. The zero-order chi connectivity index (χ0) is 19.2. The molecule has 0 heterocycles. The van der Waals surface area contributed by atoms with Crippen molar-refractivity contribution in [3.63, 3.8) is 0 Å². The molecule has 5 nitrogen and oxygen atoms in total. The maximum Gasteiger partial charge on any atom is 0.224 e. The van der Waals surface area contributed by atoms with Crippen LogP contribution in [-0.4, -0.2) is 38.0 Å². The van der Waals surface area contributed by atoms with Crippen LogP contribution in [0, 0.1) is 13.8 Å². The van der Waals surface area contributed by atoms with E-state index in [4.69, 9.17) is 0 Å². The van der Waals surface area contributed by atoms with Crippen molar-refractivity contribution < 1.29 is 13.2 Å². The molecule has 2 aromatic rings. The number of hydrogen-bond acceptors (Lipinski definition) is 3. The Balaban J connectivity index is 1.90. The van der Waals surface area contributed by atoms with Gasteiger partial charge in [0.25, 0.3) is 0 Å². The Hall–Kier alpha value is -2.18. The van der Waals surface area contributed by atoms with Gasteiger partial charge in [0.2, 0.25) is 15.9 Å². The second-order valence-electron chi connectivity index (χ2n) is 6.54. The quantitative estimate of drug-likeness (QED) is 0.772. The Morgan fingerprint density at radius 3 is 2.31 bits per heavy atom. The lowest BCUT2D eigenvalue weighted by Crippen LogP contribution is -2.38. The summed E-state index contributed by atoms with van der Waals surface area (Å²) >= 11 is 0. The number of amides is 1. The van der Waals surface area contributed by atoms with E-state index in [1.807, 2.05) is 62.4 Å². The van der Waals surface area contributed by atoms with Crippen LogP contribution in [0.1, 0.15) is 22.3 Å². The third-order valence-electron chi connectivity index (χ3n) is 4.24. The Labute approximate surface area is 156 Å². The Morgan fingerprint density at radius 2 is 1.69 bits per heavy atom. The number of nitrogens with one attached hydrogen (secondary N) is 1. The molecule has 2 aromatic carbocycles. The molecular weight excluding hydrogens is 348 g/mol. The number of rotatable bonds is 8. The molecule has 0 spiro atoms. The molecule has 0 aliphatic rings. The molecule has 0 aliphatic heterocycles. The summed E-state index contributed by atoms with van der Waals surface area (Å²) < 4.78 is 25.4. The zero-order valence-electron chi connectivity index (χ0n) is 15.5. The first-order valence-corrected chi connectivity index (χ1v) is 10.4. The number of sulfonamides is 1. The molecule has 1 amide bonds. The molecule has 0 aliphatic carbocycles. The van der Waals surface area contributed by atoms with E-state index in [1.165, 1.54) is 10.6 Å². The molecule has 2 rings (SSSR count). The lowest BCUT2D eigenvalue weighted by atomic mass is 10.1. The minimum Gasteiger partial charge on any atom is -0.354 e. The highest BCUT2D eigenvalue weighted by Crippen LogP contribution is 2.10. The first-order valence-electron chi connectivity index (χ1n) is 8.57. The second kappa shape index (κ2) is 8.96. The zero-order valence-corrected chi connectivity index (χ0v) is 16.3. The van der Waals surface area contributed by atoms with Crippen LogP contribution in [0.4, 0.5) is 0 Å². The molecule has 140 valence electrons. The summed E-state index contributed by atoms with van der Waals surface area (Å²) in [4.78, 5) is 12.1. The van der Waals surface area contributed by atoms with Crippen molar-refractivity contribution >= 4 is 15.9 Å². The van der Waals surface area contributed by atoms with Crippen LogP contribution in [-0.2, 0) is 27.8 Å². The fraction of sp³-hybridized carbons (Fsp3) is 0.350. The van der Waals surface area contributed by atoms with Gasteiger partial charge >= 0.3 is 0 Å². The molecular formula is C20H26N2O3S. The van der Waals surface area contributed by atoms with Crippen molar-refractivity contribution in [1.29, 1.82) is 0 Å². The van der Waals surface area contributed by atoms with E-state index in [1.54, 1.807) is 0 Å². The second-order valence-corrected chi connectivity index (χ2v) is 8.52. The van der Waals surface area contributed by atoms with E-state index < -0.39 is 10.0 Å². The fourth-order valence-corrected chi connectivity index (χ4v) is 3.43. The smallest absolute Gasteiger partial charge is 0.224 e. The van der Waals surface area contributed by atoms with Gasteiger partial charge in [-0.3, -0.25) is 4.79 Å². The highest BCUT2D eigenvalue weighted by atomic mass is 32.2. The molecule has 0 bridgehead atoms. The summed E-state index contributed by atoms with van der Waals surface area (Å²) in [5, 5.41) is 2.81. The Kier molecular flexibility index (Phi) is 6.94. The van der Waals surface area contributed by atoms with Crippen LogP contribution in [0.15, 0.2) is 48.5 Å². The van der Waals surface area contributed by atoms with E-state index in [0.717, 1.165) is 22.3 Å². The van der Waals surface area contributed by atoms with Crippen LogP contribution in [0.3, 0.4) is 0 Å². The number of carbonyl (C=O) groups is 1. The molecule has 26 heavy (non-hydrogen) atoms.